The van der Waals surface area contributed by atoms with E-state index in [-0.39, 0.29) is 30.7 Å². The van der Waals surface area contributed by atoms with E-state index in [4.69, 9.17) is 0 Å². The summed E-state index contributed by atoms with van der Waals surface area (Å²) in [5.74, 6) is -0.782. The predicted molar refractivity (Wildman–Crippen MR) is 104 cm³/mol. The Hall–Kier alpha value is -1.76. The minimum absolute atomic E-state index is 0. The van der Waals surface area contributed by atoms with Crippen molar-refractivity contribution in [2.45, 2.75) is 19.5 Å². The molecule has 1 fully saturated rings. The summed E-state index contributed by atoms with van der Waals surface area (Å²) >= 11 is 1.40. The fourth-order valence-electron chi connectivity index (χ4n) is 2.55. The first kappa shape index (κ1) is 19.6. The molecule has 4 nitrogen and oxygen atoms in total. The number of carbonyl (C=O) groups is 1. The van der Waals surface area contributed by atoms with Crippen molar-refractivity contribution in [1.82, 2.24) is 9.97 Å². The van der Waals surface area contributed by atoms with Gasteiger partial charge in [0.2, 0.25) is 5.91 Å². The number of carbonyl (C=O) groups excluding carboxylic acids is 1. The maximum absolute atomic E-state index is 12.9. The molecule has 8 heteroatoms. The molecule has 0 spiro atoms. The maximum atomic E-state index is 12.9. The van der Waals surface area contributed by atoms with Gasteiger partial charge in [0, 0.05) is 18.0 Å². The Bertz CT molecular complexity index is 918. The Kier molecular flexibility index (Phi) is 5.98. The minimum atomic E-state index is -0.996. The summed E-state index contributed by atoms with van der Waals surface area (Å²) in [7, 11) is 0. The molecule has 3 aromatic rings. The molecular formula is C17H16Cl2FN3OS. The van der Waals surface area contributed by atoms with E-state index in [0.717, 1.165) is 26.9 Å². The van der Waals surface area contributed by atoms with E-state index in [1.807, 2.05) is 37.4 Å². The first-order chi connectivity index (χ1) is 11.1. The highest BCUT2D eigenvalue weighted by Gasteiger charge is 2.43. The van der Waals surface area contributed by atoms with Crippen LogP contribution in [0.5, 0.6) is 0 Å². The minimum Gasteiger partial charge on any atom is -0.302 e. The molecule has 2 heterocycles. The number of hydrogen-bond acceptors (Lipinski definition) is 4. The monoisotopic (exact) mass is 399 g/mol. The van der Waals surface area contributed by atoms with Crippen molar-refractivity contribution in [3.05, 3.63) is 42.2 Å². The number of alkyl halides is 1. The number of nitrogens with one attached hydrogen (secondary N) is 1. The molecule has 4 rings (SSSR count). The lowest BCUT2D eigenvalue weighted by Gasteiger charge is -2.04. The third kappa shape index (κ3) is 3.92. The van der Waals surface area contributed by atoms with E-state index in [1.54, 1.807) is 6.20 Å². The second-order valence-electron chi connectivity index (χ2n) is 5.74. The van der Waals surface area contributed by atoms with Gasteiger partial charge in [-0.1, -0.05) is 17.4 Å². The van der Waals surface area contributed by atoms with E-state index >= 15 is 0 Å². The second kappa shape index (κ2) is 7.64. The van der Waals surface area contributed by atoms with Crippen LogP contribution < -0.4 is 5.32 Å². The average Bonchev–Trinajstić information content (AvgIpc) is 3.13. The summed E-state index contributed by atoms with van der Waals surface area (Å²) in [5, 5.41) is 3.23. The average molecular weight is 400 g/mol. The first-order valence-corrected chi connectivity index (χ1v) is 8.20. The van der Waals surface area contributed by atoms with Crippen LogP contribution in [0, 0.1) is 12.8 Å². The van der Waals surface area contributed by atoms with Crippen LogP contribution in [0.15, 0.2) is 36.7 Å². The highest BCUT2D eigenvalue weighted by molar-refractivity contribution is 7.22. The van der Waals surface area contributed by atoms with Crippen molar-refractivity contribution in [1.29, 1.82) is 0 Å². The van der Waals surface area contributed by atoms with E-state index < -0.39 is 12.1 Å². The van der Waals surface area contributed by atoms with Crippen LogP contribution in [0.4, 0.5) is 9.52 Å². The number of nitrogens with zero attached hydrogens (tertiary/aromatic N) is 2. The predicted octanol–water partition coefficient (Wildman–Crippen LogP) is 4.81. The fraction of sp³-hybridized carbons (Fsp3) is 0.235. The number of rotatable bonds is 3. The summed E-state index contributed by atoms with van der Waals surface area (Å²) in [6.07, 6.45) is 2.94. The van der Waals surface area contributed by atoms with Gasteiger partial charge in [0.25, 0.3) is 0 Å². The number of thiazole rings is 1. The van der Waals surface area contributed by atoms with Gasteiger partial charge < -0.3 is 5.32 Å². The van der Waals surface area contributed by atoms with Crippen LogP contribution in [0.25, 0.3) is 21.3 Å². The smallest absolute Gasteiger partial charge is 0.232 e. The highest BCUT2D eigenvalue weighted by atomic mass is 35.5. The lowest BCUT2D eigenvalue weighted by atomic mass is 10.0. The van der Waals surface area contributed by atoms with E-state index in [9.17, 15) is 9.18 Å². The normalized spacial score (nSPS) is 18.2. The molecule has 0 saturated heterocycles. The third-order valence-corrected chi connectivity index (χ3v) is 4.95. The number of aryl methyl sites for hydroxylation is 1. The first-order valence-electron chi connectivity index (χ1n) is 7.38. The van der Waals surface area contributed by atoms with Crippen molar-refractivity contribution in [2.75, 3.05) is 5.32 Å². The Morgan fingerprint density at radius 2 is 2.08 bits per heavy atom. The van der Waals surface area contributed by atoms with Gasteiger partial charge in [-0.15, -0.1) is 24.8 Å². The van der Waals surface area contributed by atoms with Gasteiger partial charge in [-0.05, 0) is 42.7 Å². The molecule has 2 atom stereocenters. The largest absolute Gasteiger partial charge is 0.302 e. The number of benzene rings is 1. The molecule has 1 aliphatic carbocycles. The molecule has 1 saturated carbocycles. The Morgan fingerprint density at radius 1 is 1.32 bits per heavy atom. The van der Waals surface area contributed by atoms with Crippen LogP contribution in [0.1, 0.15) is 12.0 Å². The SMILES string of the molecule is Cc1ccncc1-c1ccc2nc(NC(=O)[C@H]3C[C@H]3F)sc2c1.Cl.Cl. The zero-order valence-corrected chi connectivity index (χ0v) is 15.7. The van der Waals surface area contributed by atoms with Gasteiger partial charge in [0.1, 0.15) is 6.17 Å². The van der Waals surface area contributed by atoms with Crippen LogP contribution >= 0.6 is 36.2 Å². The van der Waals surface area contributed by atoms with Crippen molar-refractivity contribution in [3.63, 3.8) is 0 Å². The molecule has 0 radical (unpaired) electrons. The molecule has 1 aliphatic rings. The summed E-state index contributed by atoms with van der Waals surface area (Å²) < 4.78 is 13.9. The van der Waals surface area contributed by atoms with Gasteiger partial charge in [-0.3, -0.25) is 9.78 Å². The summed E-state index contributed by atoms with van der Waals surface area (Å²) in [6, 6.07) is 7.94. The summed E-state index contributed by atoms with van der Waals surface area (Å²) in [5.41, 5.74) is 4.12. The van der Waals surface area contributed by atoms with Crippen molar-refractivity contribution in [2.24, 2.45) is 5.92 Å². The van der Waals surface area contributed by atoms with Gasteiger partial charge >= 0.3 is 0 Å². The van der Waals surface area contributed by atoms with Gasteiger partial charge in [0.15, 0.2) is 5.13 Å². The lowest BCUT2D eigenvalue weighted by Crippen LogP contribution is -2.14. The molecule has 25 heavy (non-hydrogen) atoms. The van der Waals surface area contributed by atoms with Crippen molar-refractivity contribution in [3.8, 4) is 11.1 Å². The molecule has 2 aromatic heterocycles. The van der Waals surface area contributed by atoms with Gasteiger partial charge in [0.05, 0.1) is 16.1 Å². The summed E-state index contributed by atoms with van der Waals surface area (Å²) in [4.78, 5) is 20.4. The van der Waals surface area contributed by atoms with Gasteiger partial charge in [-0.25, -0.2) is 9.37 Å². The molecule has 0 aliphatic heterocycles. The Labute approximate surface area is 160 Å². The van der Waals surface area contributed by atoms with Crippen molar-refractivity contribution < 1.29 is 9.18 Å². The number of hydrogen-bond donors (Lipinski definition) is 1. The molecule has 1 N–H and O–H groups in total. The molecule has 0 bridgehead atoms. The highest BCUT2D eigenvalue weighted by Crippen LogP contribution is 2.36. The van der Waals surface area contributed by atoms with Gasteiger partial charge in [-0.2, -0.15) is 0 Å². The van der Waals surface area contributed by atoms with E-state index in [0.29, 0.717) is 11.6 Å². The lowest BCUT2D eigenvalue weighted by molar-refractivity contribution is -0.117. The van der Waals surface area contributed by atoms with Crippen LogP contribution in [-0.4, -0.2) is 22.0 Å². The maximum Gasteiger partial charge on any atom is 0.232 e. The molecular weight excluding hydrogens is 384 g/mol. The number of fused-ring (bicyclic) bond motifs is 1. The Morgan fingerprint density at radius 3 is 2.76 bits per heavy atom. The number of pyridine rings is 1. The van der Waals surface area contributed by atoms with E-state index in [2.05, 4.69) is 15.3 Å². The fourth-order valence-corrected chi connectivity index (χ4v) is 3.45. The zero-order chi connectivity index (χ0) is 16.0. The van der Waals surface area contributed by atoms with Crippen LogP contribution in [0.3, 0.4) is 0 Å². The molecule has 0 unspecified atom stereocenters. The molecule has 1 aromatic carbocycles. The number of aromatic nitrogens is 2. The number of amides is 1. The third-order valence-electron chi connectivity index (χ3n) is 4.02. The summed E-state index contributed by atoms with van der Waals surface area (Å²) in [6.45, 7) is 2.04. The number of halogens is 3. The molecule has 132 valence electrons. The Balaban J connectivity index is 0.00000113. The number of anilines is 1. The van der Waals surface area contributed by atoms with Crippen LogP contribution in [0.2, 0.25) is 0 Å². The van der Waals surface area contributed by atoms with E-state index in [1.165, 1.54) is 11.3 Å². The zero-order valence-electron chi connectivity index (χ0n) is 13.2. The quantitative estimate of drug-likeness (QED) is 0.687. The standard InChI is InChI=1S/C17H14FN3OS.2ClH/c1-9-4-5-19-8-12(9)10-2-3-14-15(6-10)23-17(20-14)21-16(22)11-7-13(11)18;;/h2-6,8,11,13H,7H2,1H3,(H,20,21,22);2*1H/t11-,13+;;/m0../s1. The van der Waals surface area contributed by atoms with Crippen molar-refractivity contribution >= 4 is 57.4 Å². The molecule has 1 amide bonds. The van der Waals surface area contributed by atoms with Crippen LogP contribution in [-0.2, 0) is 4.79 Å². The topological polar surface area (TPSA) is 54.9 Å². The second-order valence-corrected chi connectivity index (χ2v) is 6.77.